The van der Waals surface area contributed by atoms with Crippen LogP contribution in [0.5, 0.6) is 0 Å². The summed E-state index contributed by atoms with van der Waals surface area (Å²) in [5.41, 5.74) is 2.09. The Morgan fingerprint density at radius 2 is 2.28 bits per heavy atom. The van der Waals surface area contributed by atoms with Crippen LogP contribution in [0.4, 0.5) is 4.39 Å². The molecule has 2 aromatic rings. The molecule has 0 saturated carbocycles. The van der Waals surface area contributed by atoms with Crippen LogP contribution in [0.15, 0.2) is 30.6 Å². The number of rotatable bonds is 5. The first kappa shape index (κ1) is 12.8. The van der Waals surface area contributed by atoms with Crippen LogP contribution >= 0.6 is 0 Å². The largest absolute Gasteiger partial charge is 0.349 e. The molecule has 0 amide bonds. The van der Waals surface area contributed by atoms with Crippen LogP contribution in [0.2, 0.25) is 0 Å². The van der Waals surface area contributed by atoms with Crippen LogP contribution in [0, 0.1) is 12.7 Å². The molecule has 1 heterocycles. The summed E-state index contributed by atoms with van der Waals surface area (Å²) in [6.45, 7) is 4.88. The van der Waals surface area contributed by atoms with Crippen LogP contribution in [-0.2, 0) is 6.42 Å². The van der Waals surface area contributed by atoms with Gasteiger partial charge in [0.2, 0.25) is 0 Å². The lowest BCUT2D eigenvalue weighted by Gasteiger charge is -2.19. The van der Waals surface area contributed by atoms with E-state index >= 15 is 0 Å². The highest BCUT2D eigenvalue weighted by molar-refractivity contribution is 5.30. The summed E-state index contributed by atoms with van der Waals surface area (Å²) in [4.78, 5) is 7.31. The molecular formula is C14H18FN3. The average molecular weight is 247 g/mol. The van der Waals surface area contributed by atoms with Crippen molar-refractivity contribution < 1.29 is 4.39 Å². The van der Waals surface area contributed by atoms with Crippen LogP contribution in [0.3, 0.4) is 0 Å². The van der Waals surface area contributed by atoms with Gasteiger partial charge in [0, 0.05) is 24.9 Å². The summed E-state index contributed by atoms with van der Waals surface area (Å²) in [6.07, 6.45) is 4.26. The topological polar surface area (TPSA) is 40.7 Å². The molecule has 0 fully saturated rings. The zero-order valence-corrected chi connectivity index (χ0v) is 10.7. The van der Waals surface area contributed by atoms with E-state index in [2.05, 4.69) is 15.3 Å². The number of aryl methyl sites for hydroxylation is 1. The lowest BCUT2D eigenvalue weighted by Crippen LogP contribution is -2.24. The fraction of sp³-hybridized carbons (Fsp3) is 0.357. The van der Waals surface area contributed by atoms with Crippen LogP contribution in [0.1, 0.15) is 29.9 Å². The van der Waals surface area contributed by atoms with Crippen molar-refractivity contribution in [3.05, 3.63) is 53.4 Å². The zero-order valence-electron chi connectivity index (χ0n) is 10.7. The number of hydrogen-bond acceptors (Lipinski definition) is 2. The fourth-order valence-corrected chi connectivity index (χ4v) is 2.13. The van der Waals surface area contributed by atoms with Crippen molar-refractivity contribution in [2.75, 3.05) is 6.54 Å². The molecule has 0 bridgehead atoms. The number of nitrogens with one attached hydrogen (secondary N) is 2. The molecule has 2 rings (SSSR count). The molecule has 0 spiro atoms. The van der Waals surface area contributed by atoms with Gasteiger partial charge in [-0.05, 0) is 36.7 Å². The van der Waals surface area contributed by atoms with Crippen LogP contribution in [0.25, 0.3) is 0 Å². The molecule has 18 heavy (non-hydrogen) atoms. The Kier molecular flexibility index (Phi) is 4.10. The van der Waals surface area contributed by atoms with E-state index in [9.17, 15) is 4.39 Å². The first-order chi connectivity index (χ1) is 8.70. The van der Waals surface area contributed by atoms with Crippen molar-refractivity contribution in [2.24, 2.45) is 0 Å². The van der Waals surface area contributed by atoms with E-state index in [-0.39, 0.29) is 11.9 Å². The molecule has 0 radical (unpaired) electrons. The van der Waals surface area contributed by atoms with Gasteiger partial charge in [-0.25, -0.2) is 9.37 Å². The predicted molar refractivity (Wildman–Crippen MR) is 69.8 cm³/mol. The monoisotopic (exact) mass is 247 g/mol. The number of nitrogens with zero attached hydrogens (tertiary/aromatic N) is 1. The summed E-state index contributed by atoms with van der Waals surface area (Å²) >= 11 is 0. The van der Waals surface area contributed by atoms with Gasteiger partial charge in [-0.15, -0.1) is 0 Å². The van der Waals surface area contributed by atoms with Crippen molar-refractivity contribution in [1.82, 2.24) is 15.3 Å². The number of imidazole rings is 1. The molecule has 1 unspecified atom stereocenters. The summed E-state index contributed by atoms with van der Waals surface area (Å²) in [5, 5.41) is 3.38. The van der Waals surface area contributed by atoms with Crippen LogP contribution in [-0.4, -0.2) is 16.5 Å². The lowest BCUT2D eigenvalue weighted by molar-refractivity contribution is 0.530. The molecule has 96 valence electrons. The normalized spacial score (nSPS) is 12.6. The summed E-state index contributed by atoms with van der Waals surface area (Å²) in [7, 11) is 0. The van der Waals surface area contributed by atoms with Gasteiger partial charge in [0.25, 0.3) is 0 Å². The Morgan fingerprint density at radius 3 is 2.94 bits per heavy atom. The number of H-pyrrole nitrogens is 1. The first-order valence-corrected chi connectivity index (χ1v) is 6.18. The average Bonchev–Trinajstić information content (AvgIpc) is 2.85. The minimum atomic E-state index is -0.196. The number of likely N-dealkylation sites (N-methyl/N-ethyl adjacent to an activating group) is 1. The van der Waals surface area contributed by atoms with Gasteiger partial charge in [0.1, 0.15) is 11.6 Å². The highest BCUT2D eigenvalue weighted by atomic mass is 19.1. The quantitative estimate of drug-likeness (QED) is 0.853. The number of halogens is 1. The maximum absolute atomic E-state index is 13.4. The fourth-order valence-electron chi connectivity index (χ4n) is 2.13. The third-order valence-electron chi connectivity index (χ3n) is 3.02. The van der Waals surface area contributed by atoms with Crippen molar-refractivity contribution in [3.63, 3.8) is 0 Å². The number of benzene rings is 1. The Hall–Kier alpha value is -1.68. The Bertz CT molecular complexity index is 494. The minimum Gasteiger partial charge on any atom is -0.349 e. The third kappa shape index (κ3) is 2.96. The first-order valence-electron chi connectivity index (χ1n) is 6.18. The Morgan fingerprint density at radius 1 is 1.44 bits per heavy atom. The summed E-state index contributed by atoms with van der Waals surface area (Å²) in [5.74, 6) is 0.711. The van der Waals surface area contributed by atoms with E-state index in [1.807, 2.05) is 19.9 Å². The molecule has 0 saturated heterocycles. The SMILES string of the molecule is CCNC(Cc1ncc[nH]1)c1cc(F)ccc1C. The standard InChI is InChI=1S/C14H18FN3/c1-3-16-13(9-14-17-6-7-18-14)12-8-11(15)5-4-10(12)2/h4-8,13,16H,3,9H2,1-2H3,(H,17,18). The molecule has 1 atom stereocenters. The Labute approximate surface area is 106 Å². The maximum atomic E-state index is 13.4. The number of hydrogen-bond donors (Lipinski definition) is 2. The van der Waals surface area contributed by atoms with E-state index in [0.717, 1.165) is 29.9 Å². The molecule has 0 aliphatic carbocycles. The number of aromatic nitrogens is 2. The molecular weight excluding hydrogens is 229 g/mol. The second kappa shape index (κ2) is 5.78. The van der Waals surface area contributed by atoms with Crippen LogP contribution < -0.4 is 5.32 Å². The van der Waals surface area contributed by atoms with E-state index in [1.54, 1.807) is 18.5 Å². The molecule has 3 nitrogen and oxygen atoms in total. The summed E-state index contributed by atoms with van der Waals surface area (Å²) in [6, 6.07) is 4.99. The maximum Gasteiger partial charge on any atom is 0.123 e. The predicted octanol–water partition coefficient (Wildman–Crippen LogP) is 2.75. The lowest BCUT2D eigenvalue weighted by atomic mass is 9.98. The molecule has 2 N–H and O–H groups in total. The van der Waals surface area contributed by atoms with E-state index < -0.39 is 0 Å². The summed E-state index contributed by atoms with van der Waals surface area (Å²) < 4.78 is 13.4. The Balaban J connectivity index is 2.26. The van der Waals surface area contributed by atoms with Gasteiger partial charge in [0.05, 0.1) is 0 Å². The van der Waals surface area contributed by atoms with Crippen molar-refractivity contribution >= 4 is 0 Å². The molecule has 0 aliphatic rings. The molecule has 1 aromatic carbocycles. The van der Waals surface area contributed by atoms with E-state index in [4.69, 9.17) is 0 Å². The second-order valence-corrected chi connectivity index (χ2v) is 4.35. The highest BCUT2D eigenvalue weighted by Crippen LogP contribution is 2.21. The van der Waals surface area contributed by atoms with Crippen molar-refractivity contribution in [3.8, 4) is 0 Å². The second-order valence-electron chi connectivity index (χ2n) is 4.35. The third-order valence-corrected chi connectivity index (χ3v) is 3.02. The zero-order chi connectivity index (χ0) is 13.0. The smallest absolute Gasteiger partial charge is 0.123 e. The van der Waals surface area contributed by atoms with Gasteiger partial charge >= 0.3 is 0 Å². The molecule has 0 aliphatic heterocycles. The van der Waals surface area contributed by atoms with Gasteiger partial charge in [-0.3, -0.25) is 0 Å². The minimum absolute atomic E-state index is 0.0804. The van der Waals surface area contributed by atoms with Gasteiger partial charge in [-0.1, -0.05) is 13.0 Å². The molecule has 4 heteroatoms. The molecule has 1 aromatic heterocycles. The van der Waals surface area contributed by atoms with E-state index in [1.165, 1.54) is 6.07 Å². The van der Waals surface area contributed by atoms with Crippen molar-refractivity contribution in [1.29, 1.82) is 0 Å². The number of aromatic amines is 1. The van der Waals surface area contributed by atoms with E-state index in [0.29, 0.717) is 0 Å². The van der Waals surface area contributed by atoms with Gasteiger partial charge < -0.3 is 10.3 Å². The van der Waals surface area contributed by atoms with Crippen molar-refractivity contribution in [2.45, 2.75) is 26.3 Å². The van der Waals surface area contributed by atoms with Gasteiger partial charge in [0.15, 0.2) is 0 Å². The van der Waals surface area contributed by atoms with Gasteiger partial charge in [-0.2, -0.15) is 0 Å². The highest BCUT2D eigenvalue weighted by Gasteiger charge is 2.15.